The van der Waals surface area contributed by atoms with Crippen molar-refractivity contribution in [2.24, 2.45) is 11.5 Å². The first-order valence-electron chi connectivity index (χ1n) is 6.14. The minimum Gasteiger partial charge on any atom is -0.483 e. The molecule has 1 atom stereocenters. The lowest BCUT2D eigenvalue weighted by Crippen LogP contribution is -2.34. The third-order valence-corrected chi connectivity index (χ3v) is 3.11. The molecule has 114 valence electrons. The first-order chi connectivity index (χ1) is 10.5. The Hall–Kier alpha value is -3.16. The number of allylic oxidation sites excluding steroid dienone is 4. The van der Waals surface area contributed by atoms with Crippen molar-refractivity contribution < 1.29 is 28.7 Å². The Kier molecular flexibility index (Phi) is 4.21. The zero-order valence-electron chi connectivity index (χ0n) is 11.3. The zero-order chi connectivity index (χ0) is 16.3. The van der Waals surface area contributed by atoms with Gasteiger partial charge in [-0.05, 0) is 23.3 Å². The number of hydrogen-bond acceptors (Lipinski definition) is 6. The number of amides is 2. The second-order valence-corrected chi connectivity index (χ2v) is 4.36. The van der Waals surface area contributed by atoms with E-state index in [4.69, 9.17) is 20.9 Å². The third kappa shape index (κ3) is 2.53. The van der Waals surface area contributed by atoms with Gasteiger partial charge in [0, 0.05) is 5.57 Å². The van der Waals surface area contributed by atoms with E-state index in [2.05, 4.69) is 0 Å². The molecule has 0 radical (unpaired) electrons. The van der Waals surface area contributed by atoms with Gasteiger partial charge in [-0.25, -0.2) is 0 Å². The van der Waals surface area contributed by atoms with Gasteiger partial charge in [0.15, 0.2) is 18.3 Å². The van der Waals surface area contributed by atoms with Crippen LogP contribution in [0.1, 0.15) is 0 Å². The summed E-state index contributed by atoms with van der Waals surface area (Å²) in [5, 5.41) is 0. The van der Waals surface area contributed by atoms with Crippen LogP contribution in [0, 0.1) is 0 Å². The van der Waals surface area contributed by atoms with Crippen LogP contribution in [0.15, 0.2) is 46.5 Å². The standard InChI is InChI=1S/C14H12N2O6/c15-13(19)11-9(5-17)7(1-3-21-11)8-2-4-22-12(14(16)20)10(8)6-18/h1-3,5-6,11H,4H2,(H2,15,19)(H2,16,20). The fraction of sp³-hybridized carbons (Fsp3) is 0.143. The van der Waals surface area contributed by atoms with Crippen molar-refractivity contribution in [3.05, 3.63) is 46.5 Å². The van der Waals surface area contributed by atoms with Gasteiger partial charge in [-0.2, -0.15) is 0 Å². The molecule has 0 aromatic rings. The van der Waals surface area contributed by atoms with Crippen molar-refractivity contribution in [3.8, 4) is 0 Å². The van der Waals surface area contributed by atoms with Crippen LogP contribution in [0.5, 0.6) is 0 Å². The van der Waals surface area contributed by atoms with Gasteiger partial charge in [-0.1, -0.05) is 0 Å². The van der Waals surface area contributed by atoms with Crippen LogP contribution in [0.25, 0.3) is 0 Å². The smallest absolute Gasteiger partial charge is 0.284 e. The summed E-state index contributed by atoms with van der Waals surface area (Å²) < 4.78 is 10.1. The van der Waals surface area contributed by atoms with Crippen molar-refractivity contribution in [2.75, 3.05) is 6.61 Å². The Morgan fingerprint density at radius 3 is 2.50 bits per heavy atom. The van der Waals surface area contributed by atoms with Gasteiger partial charge in [0.2, 0.25) is 6.10 Å². The largest absolute Gasteiger partial charge is 0.483 e. The molecule has 2 aliphatic rings. The van der Waals surface area contributed by atoms with Crippen molar-refractivity contribution in [2.45, 2.75) is 6.10 Å². The van der Waals surface area contributed by atoms with Gasteiger partial charge < -0.3 is 20.9 Å². The molecule has 22 heavy (non-hydrogen) atoms. The summed E-state index contributed by atoms with van der Waals surface area (Å²) in [7, 11) is 0. The fourth-order valence-electron chi connectivity index (χ4n) is 2.18. The molecule has 8 heteroatoms. The summed E-state index contributed by atoms with van der Waals surface area (Å²) in [6.07, 6.45) is 3.59. The minimum absolute atomic E-state index is 0.0173. The lowest BCUT2D eigenvalue weighted by atomic mass is 9.89. The van der Waals surface area contributed by atoms with Crippen LogP contribution in [0.4, 0.5) is 0 Å². The third-order valence-electron chi connectivity index (χ3n) is 3.11. The first-order valence-corrected chi connectivity index (χ1v) is 6.14. The van der Waals surface area contributed by atoms with Crippen LogP contribution < -0.4 is 11.5 Å². The van der Waals surface area contributed by atoms with Crippen LogP contribution in [0.2, 0.25) is 0 Å². The number of hydrogen-bond donors (Lipinski definition) is 2. The van der Waals surface area contributed by atoms with E-state index in [0.717, 1.165) is 0 Å². The van der Waals surface area contributed by atoms with Crippen LogP contribution in [-0.4, -0.2) is 37.1 Å². The number of primary amides is 2. The van der Waals surface area contributed by atoms with Gasteiger partial charge in [-0.15, -0.1) is 0 Å². The van der Waals surface area contributed by atoms with E-state index >= 15 is 0 Å². The van der Waals surface area contributed by atoms with Crippen molar-refractivity contribution in [1.82, 2.24) is 0 Å². The summed E-state index contributed by atoms with van der Waals surface area (Å²) in [6.45, 7) is -0.0173. The highest BCUT2D eigenvalue weighted by Gasteiger charge is 2.31. The summed E-state index contributed by atoms with van der Waals surface area (Å²) in [6, 6.07) is 0. The van der Waals surface area contributed by atoms with Gasteiger partial charge in [0.05, 0.1) is 11.8 Å². The molecule has 4 N–H and O–H groups in total. The Balaban J connectivity index is 2.62. The number of ether oxygens (including phenoxy) is 2. The Bertz CT molecular complexity index is 683. The summed E-state index contributed by atoms with van der Waals surface area (Å²) in [5.74, 6) is -2.08. The van der Waals surface area contributed by atoms with Gasteiger partial charge in [0.25, 0.3) is 11.8 Å². The molecule has 0 aromatic carbocycles. The number of carbonyl (C=O) groups is 4. The Morgan fingerprint density at radius 1 is 1.23 bits per heavy atom. The molecule has 2 aliphatic heterocycles. The Labute approximate surface area is 124 Å². The van der Waals surface area contributed by atoms with Crippen molar-refractivity contribution in [3.63, 3.8) is 0 Å². The number of rotatable bonds is 5. The highest BCUT2D eigenvalue weighted by molar-refractivity contribution is 6.01. The van der Waals surface area contributed by atoms with E-state index in [0.29, 0.717) is 12.6 Å². The van der Waals surface area contributed by atoms with E-state index < -0.39 is 17.9 Å². The average Bonchev–Trinajstić information content (AvgIpc) is 2.52. The Morgan fingerprint density at radius 2 is 1.95 bits per heavy atom. The summed E-state index contributed by atoms with van der Waals surface area (Å²) in [5.41, 5.74) is 10.7. The van der Waals surface area contributed by atoms with Gasteiger partial charge in [-0.3, -0.25) is 19.2 Å². The molecular weight excluding hydrogens is 292 g/mol. The quantitative estimate of drug-likeness (QED) is 0.610. The molecule has 0 aliphatic carbocycles. The highest BCUT2D eigenvalue weighted by atomic mass is 16.5. The van der Waals surface area contributed by atoms with E-state index in [9.17, 15) is 19.2 Å². The average molecular weight is 304 g/mol. The predicted molar refractivity (Wildman–Crippen MR) is 72.6 cm³/mol. The molecular formula is C14H12N2O6. The lowest BCUT2D eigenvalue weighted by molar-refractivity contribution is -0.126. The maximum absolute atomic E-state index is 11.3. The maximum atomic E-state index is 11.3. The molecule has 0 saturated heterocycles. The molecule has 2 rings (SSSR count). The van der Waals surface area contributed by atoms with Crippen LogP contribution >= 0.6 is 0 Å². The SMILES string of the molecule is NC(=O)C1=C(C=O)C(C2=C(C=O)C(C(N)=O)OC=C2)=CCO1. The second-order valence-electron chi connectivity index (χ2n) is 4.36. The lowest BCUT2D eigenvalue weighted by Gasteiger charge is -2.24. The van der Waals surface area contributed by atoms with Crippen molar-refractivity contribution >= 4 is 24.4 Å². The summed E-state index contributed by atoms with van der Waals surface area (Å²) in [4.78, 5) is 45.3. The topological polar surface area (TPSA) is 139 Å². The molecule has 0 fully saturated rings. The van der Waals surface area contributed by atoms with E-state index in [-0.39, 0.29) is 34.7 Å². The molecule has 0 saturated carbocycles. The second kappa shape index (κ2) is 6.08. The molecule has 0 bridgehead atoms. The van der Waals surface area contributed by atoms with Gasteiger partial charge >= 0.3 is 0 Å². The van der Waals surface area contributed by atoms with E-state index in [1.807, 2.05) is 0 Å². The van der Waals surface area contributed by atoms with Gasteiger partial charge in [0.1, 0.15) is 6.61 Å². The molecule has 1 unspecified atom stereocenters. The highest BCUT2D eigenvalue weighted by Crippen LogP contribution is 2.31. The molecule has 2 heterocycles. The fourth-order valence-corrected chi connectivity index (χ4v) is 2.18. The molecule has 0 aromatic heterocycles. The molecule has 0 spiro atoms. The number of aldehydes is 2. The van der Waals surface area contributed by atoms with Crippen LogP contribution in [0.3, 0.4) is 0 Å². The van der Waals surface area contributed by atoms with E-state index in [1.54, 1.807) is 0 Å². The maximum Gasteiger partial charge on any atom is 0.284 e. The summed E-state index contributed by atoms with van der Waals surface area (Å²) >= 11 is 0. The monoisotopic (exact) mass is 304 g/mol. The zero-order valence-corrected chi connectivity index (χ0v) is 11.3. The minimum atomic E-state index is -1.27. The normalized spacial score (nSPS) is 20.7. The predicted octanol–water partition coefficient (Wildman–Crippen LogP) is -1.23. The molecule has 8 nitrogen and oxygen atoms in total. The first kappa shape index (κ1) is 15.2. The van der Waals surface area contributed by atoms with E-state index in [1.165, 1.54) is 18.4 Å². The number of nitrogens with two attached hydrogens (primary N) is 2. The number of carbonyl (C=O) groups excluding carboxylic acids is 4. The van der Waals surface area contributed by atoms with Crippen LogP contribution in [-0.2, 0) is 28.7 Å². The van der Waals surface area contributed by atoms with Crippen molar-refractivity contribution in [1.29, 1.82) is 0 Å². The molecule has 2 amide bonds.